The van der Waals surface area contributed by atoms with Gasteiger partial charge in [-0.25, -0.2) is 13.2 Å². The number of hydrogen-bond donors (Lipinski definition) is 1. The van der Waals surface area contributed by atoms with Gasteiger partial charge >= 0.3 is 5.97 Å². The van der Waals surface area contributed by atoms with Gasteiger partial charge in [0.1, 0.15) is 11.5 Å². The van der Waals surface area contributed by atoms with Gasteiger partial charge in [-0.15, -0.1) is 11.3 Å². The lowest BCUT2D eigenvalue weighted by Crippen LogP contribution is -2.40. The molecule has 0 saturated heterocycles. The Kier molecular flexibility index (Phi) is 5.91. The lowest BCUT2D eigenvalue weighted by atomic mass is 9.95. The SMILES string of the molecule is CCOC(=O)c1c(NC(=O)CN2c3ccccc3-c3ccccc3S2(=O)=O)sc2c1CCCC2. The van der Waals surface area contributed by atoms with Crippen molar-refractivity contribution in [3.63, 3.8) is 0 Å². The van der Waals surface area contributed by atoms with Gasteiger partial charge in [-0.05, 0) is 50.3 Å². The predicted molar refractivity (Wildman–Crippen MR) is 132 cm³/mol. The van der Waals surface area contributed by atoms with Crippen LogP contribution in [0.2, 0.25) is 0 Å². The average molecular weight is 497 g/mol. The zero-order valence-electron chi connectivity index (χ0n) is 18.7. The largest absolute Gasteiger partial charge is 0.462 e. The van der Waals surface area contributed by atoms with E-state index in [2.05, 4.69) is 5.32 Å². The number of nitrogens with one attached hydrogen (secondary N) is 1. The number of carbonyl (C=O) groups excluding carboxylic acids is 2. The van der Waals surface area contributed by atoms with Gasteiger partial charge in [0.2, 0.25) is 5.91 Å². The van der Waals surface area contributed by atoms with Crippen molar-refractivity contribution in [2.24, 2.45) is 0 Å². The smallest absolute Gasteiger partial charge is 0.341 e. The summed E-state index contributed by atoms with van der Waals surface area (Å²) in [4.78, 5) is 27.1. The molecule has 0 radical (unpaired) electrons. The van der Waals surface area contributed by atoms with Crippen molar-refractivity contribution in [2.75, 3.05) is 22.8 Å². The summed E-state index contributed by atoms with van der Waals surface area (Å²) in [5.41, 5.74) is 3.16. The van der Waals surface area contributed by atoms with Crippen LogP contribution in [0, 0.1) is 0 Å². The van der Waals surface area contributed by atoms with Crippen LogP contribution in [0.15, 0.2) is 53.4 Å². The summed E-state index contributed by atoms with van der Waals surface area (Å²) in [6.45, 7) is 1.57. The zero-order chi connectivity index (χ0) is 23.9. The van der Waals surface area contributed by atoms with Gasteiger partial charge < -0.3 is 10.1 Å². The van der Waals surface area contributed by atoms with E-state index in [0.717, 1.165) is 46.0 Å². The van der Waals surface area contributed by atoms with Crippen LogP contribution in [0.1, 0.15) is 40.6 Å². The number of sulfonamides is 1. The Morgan fingerprint density at radius 1 is 1.03 bits per heavy atom. The first-order valence-corrected chi connectivity index (χ1v) is 13.5. The number of carbonyl (C=O) groups is 2. The van der Waals surface area contributed by atoms with Crippen LogP contribution in [0.25, 0.3) is 11.1 Å². The Bertz CT molecular complexity index is 1390. The maximum atomic E-state index is 13.4. The molecule has 0 atom stereocenters. The number of ether oxygens (including phenoxy) is 1. The Morgan fingerprint density at radius 2 is 1.74 bits per heavy atom. The van der Waals surface area contributed by atoms with Gasteiger partial charge in [0, 0.05) is 16.0 Å². The summed E-state index contributed by atoms with van der Waals surface area (Å²) in [6.07, 6.45) is 3.63. The molecule has 0 unspecified atom stereocenters. The molecule has 7 nitrogen and oxygen atoms in total. The van der Waals surface area contributed by atoms with E-state index in [9.17, 15) is 18.0 Å². The summed E-state index contributed by atoms with van der Waals surface area (Å²) >= 11 is 1.38. The fourth-order valence-electron chi connectivity index (χ4n) is 4.62. The lowest BCUT2D eigenvalue weighted by molar-refractivity contribution is -0.114. The molecule has 1 aromatic heterocycles. The number of thiophene rings is 1. The molecule has 0 spiro atoms. The van der Waals surface area contributed by atoms with Crippen LogP contribution in [-0.4, -0.2) is 33.4 Å². The number of benzene rings is 2. The number of amides is 1. The van der Waals surface area contributed by atoms with Gasteiger partial charge in [-0.1, -0.05) is 36.4 Å². The van der Waals surface area contributed by atoms with E-state index >= 15 is 0 Å². The highest BCUT2D eigenvalue weighted by atomic mass is 32.2. The third-order valence-corrected chi connectivity index (χ3v) is 9.13. The van der Waals surface area contributed by atoms with Crippen LogP contribution in [0.5, 0.6) is 0 Å². The highest BCUT2D eigenvalue weighted by molar-refractivity contribution is 7.93. The summed E-state index contributed by atoms with van der Waals surface area (Å²) < 4.78 is 33.3. The molecule has 1 N–H and O–H groups in total. The molecule has 5 rings (SSSR count). The van der Waals surface area contributed by atoms with Crippen LogP contribution in [0.3, 0.4) is 0 Å². The van der Waals surface area contributed by atoms with Crippen molar-refractivity contribution < 1.29 is 22.7 Å². The maximum absolute atomic E-state index is 13.4. The number of esters is 1. The Hall–Kier alpha value is -3.17. The first-order valence-electron chi connectivity index (χ1n) is 11.2. The summed E-state index contributed by atoms with van der Waals surface area (Å²) in [6, 6.07) is 13.9. The van der Waals surface area contributed by atoms with E-state index < -0.39 is 28.4 Å². The number of rotatable bonds is 5. The normalized spacial score (nSPS) is 15.6. The number of anilines is 2. The number of aryl methyl sites for hydroxylation is 1. The van der Waals surface area contributed by atoms with Crippen molar-refractivity contribution in [3.8, 4) is 11.1 Å². The summed E-state index contributed by atoms with van der Waals surface area (Å²) in [5, 5.41) is 3.25. The fraction of sp³-hybridized carbons (Fsp3) is 0.280. The Balaban J connectivity index is 1.48. The number of para-hydroxylation sites is 1. The standard InChI is InChI=1S/C25H24N2O5S2/c1-2-32-25(29)23-18-11-4-7-13-20(18)33-24(23)26-22(28)15-27-19-12-6-3-9-16(19)17-10-5-8-14-21(17)34(27,30)31/h3,5-6,8-10,12,14H,2,4,7,11,13,15H2,1H3,(H,26,28). The van der Waals surface area contributed by atoms with Gasteiger partial charge in [0.25, 0.3) is 10.0 Å². The molecule has 0 saturated carbocycles. The van der Waals surface area contributed by atoms with E-state index in [1.165, 1.54) is 11.3 Å². The van der Waals surface area contributed by atoms with E-state index in [1.54, 1.807) is 43.3 Å². The maximum Gasteiger partial charge on any atom is 0.341 e. The Morgan fingerprint density at radius 3 is 2.53 bits per heavy atom. The molecule has 2 aliphatic rings. The number of hydrogen-bond acceptors (Lipinski definition) is 6. The number of fused-ring (bicyclic) bond motifs is 4. The van der Waals surface area contributed by atoms with E-state index in [1.807, 2.05) is 12.1 Å². The highest BCUT2D eigenvalue weighted by Crippen LogP contribution is 2.43. The summed E-state index contributed by atoms with van der Waals surface area (Å²) in [5.74, 6) is -0.969. The minimum absolute atomic E-state index is 0.167. The molecule has 1 amide bonds. The second kappa shape index (κ2) is 8.88. The van der Waals surface area contributed by atoms with Crippen LogP contribution >= 0.6 is 11.3 Å². The first-order chi connectivity index (χ1) is 16.4. The molecular formula is C25H24N2O5S2. The van der Waals surface area contributed by atoms with E-state index in [-0.39, 0.29) is 11.5 Å². The molecule has 34 heavy (non-hydrogen) atoms. The van der Waals surface area contributed by atoms with Crippen LogP contribution in [-0.2, 0) is 32.4 Å². The molecule has 2 heterocycles. The van der Waals surface area contributed by atoms with Crippen LogP contribution < -0.4 is 9.62 Å². The minimum Gasteiger partial charge on any atom is -0.462 e. The molecule has 176 valence electrons. The molecular weight excluding hydrogens is 472 g/mol. The van der Waals surface area contributed by atoms with E-state index in [4.69, 9.17) is 4.74 Å². The second-order valence-corrected chi connectivity index (χ2v) is 11.1. The first kappa shape index (κ1) is 22.6. The van der Waals surface area contributed by atoms with Crippen molar-refractivity contribution in [1.82, 2.24) is 0 Å². The Labute approximate surface area is 202 Å². The molecule has 1 aliphatic heterocycles. The molecule has 0 fully saturated rings. The molecule has 3 aromatic rings. The lowest BCUT2D eigenvalue weighted by Gasteiger charge is -2.31. The number of nitrogens with zero attached hydrogens (tertiary/aromatic N) is 1. The molecule has 1 aliphatic carbocycles. The molecule has 9 heteroatoms. The van der Waals surface area contributed by atoms with Crippen molar-refractivity contribution in [3.05, 3.63) is 64.5 Å². The minimum atomic E-state index is -3.94. The van der Waals surface area contributed by atoms with Crippen molar-refractivity contribution in [1.29, 1.82) is 0 Å². The van der Waals surface area contributed by atoms with Crippen LogP contribution in [0.4, 0.5) is 10.7 Å². The zero-order valence-corrected chi connectivity index (χ0v) is 20.3. The van der Waals surface area contributed by atoms with E-state index in [0.29, 0.717) is 21.8 Å². The second-order valence-electron chi connectivity index (χ2n) is 8.21. The molecule has 0 bridgehead atoms. The fourth-order valence-corrected chi connectivity index (χ4v) is 7.56. The van der Waals surface area contributed by atoms with Gasteiger partial charge in [0.15, 0.2) is 0 Å². The average Bonchev–Trinajstić information content (AvgIpc) is 3.20. The predicted octanol–water partition coefficient (Wildman–Crippen LogP) is 4.62. The quantitative estimate of drug-likeness (QED) is 0.521. The van der Waals surface area contributed by atoms with Crippen molar-refractivity contribution in [2.45, 2.75) is 37.5 Å². The highest BCUT2D eigenvalue weighted by Gasteiger charge is 2.36. The van der Waals surface area contributed by atoms with Gasteiger partial charge in [-0.3, -0.25) is 9.10 Å². The van der Waals surface area contributed by atoms with Gasteiger partial charge in [-0.2, -0.15) is 0 Å². The summed E-state index contributed by atoms with van der Waals surface area (Å²) in [7, 11) is -3.94. The third-order valence-electron chi connectivity index (χ3n) is 6.11. The topological polar surface area (TPSA) is 92.8 Å². The monoisotopic (exact) mass is 496 g/mol. The third kappa shape index (κ3) is 3.78. The van der Waals surface area contributed by atoms with Gasteiger partial charge in [0.05, 0.1) is 22.8 Å². The molecule has 2 aromatic carbocycles. The van der Waals surface area contributed by atoms with Crippen molar-refractivity contribution >= 4 is 43.9 Å².